The van der Waals surface area contributed by atoms with Gasteiger partial charge in [0.25, 0.3) is 0 Å². The summed E-state index contributed by atoms with van der Waals surface area (Å²) in [7, 11) is 0. The van der Waals surface area contributed by atoms with E-state index in [0.29, 0.717) is 5.70 Å². The summed E-state index contributed by atoms with van der Waals surface area (Å²) in [5, 5.41) is 13.3. The first-order valence-electron chi connectivity index (χ1n) is 17.2. The van der Waals surface area contributed by atoms with E-state index in [9.17, 15) is 0 Å². The predicted molar refractivity (Wildman–Crippen MR) is 209 cm³/mol. The zero-order valence-electron chi connectivity index (χ0n) is 28.9. The van der Waals surface area contributed by atoms with Crippen LogP contribution >= 0.6 is 0 Å². The lowest BCUT2D eigenvalue weighted by Gasteiger charge is -2.29. The molecule has 0 spiro atoms. The van der Waals surface area contributed by atoms with Crippen LogP contribution in [0.15, 0.2) is 123 Å². The molecule has 1 aliphatic rings. The Hall–Kier alpha value is -5.49. The zero-order chi connectivity index (χ0) is 34.5. The Morgan fingerprint density at radius 1 is 0.898 bits per heavy atom. The molecule has 250 valence electrons. The third kappa shape index (κ3) is 7.81. The largest absolute Gasteiger partial charge is 0.399 e. The van der Waals surface area contributed by atoms with Crippen molar-refractivity contribution in [1.82, 2.24) is 20.0 Å². The molecular weight excluding hydrogens is 601 g/mol. The van der Waals surface area contributed by atoms with E-state index >= 15 is 0 Å². The molecule has 1 saturated carbocycles. The van der Waals surface area contributed by atoms with Crippen molar-refractivity contribution in [2.75, 3.05) is 25.0 Å². The van der Waals surface area contributed by atoms with Crippen LogP contribution in [0.5, 0.6) is 0 Å². The van der Waals surface area contributed by atoms with Gasteiger partial charge in [0.1, 0.15) is 5.69 Å². The van der Waals surface area contributed by atoms with Gasteiger partial charge in [-0.1, -0.05) is 98.6 Å². The number of aromatic nitrogens is 2. The van der Waals surface area contributed by atoms with Crippen molar-refractivity contribution >= 4 is 33.6 Å². The number of allylic oxidation sites excluding steroid dienone is 1. The number of nitrogens with two attached hydrogens (primary N) is 1. The van der Waals surface area contributed by atoms with E-state index < -0.39 is 0 Å². The molecule has 0 amide bonds. The van der Waals surface area contributed by atoms with Crippen LogP contribution in [0.2, 0.25) is 0 Å². The highest BCUT2D eigenvalue weighted by Gasteiger charge is 2.25. The van der Waals surface area contributed by atoms with Crippen molar-refractivity contribution in [3.63, 3.8) is 0 Å². The van der Waals surface area contributed by atoms with E-state index in [2.05, 4.69) is 116 Å². The van der Waals surface area contributed by atoms with Crippen molar-refractivity contribution < 1.29 is 0 Å². The van der Waals surface area contributed by atoms with Crippen molar-refractivity contribution in [2.24, 2.45) is 11.7 Å². The first-order valence-corrected chi connectivity index (χ1v) is 17.2. The Labute approximate surface area is 291 Å². The van der Waals surface area contributed by atoms with Gasteiger partial charge in [0, 0.05) is 66.3 Å². The Kier molecular flexibility index (Phi) is 10.0. The molecular formula is C43H48N6. The Bertz CT molecular complexity index is 1990. The maximum atomic E-state index is 5.89. The molecule has 1 heterocycles. The summed E-state index contributed by atoms with van der Waals surface area (Å²) in [6.45, 7) is 24.6. The lowest BCUT2D eigenvalue weighted by atomic mass is 10.0. The van der Waals surface area contributed by atoms with Crippen molar-refractivity contribution in [3.8, 4) is 16.9 Å². The molecule has 1 aliphatic carbocycles. The highest BCUT2D eigenvalue weighted by atomic mass is 15.3. The standard InChI is InChI=1S/C43H48N6/c1-7-45-41-26-37(29(2)3)18-19-38(41)28-48(27-33-12-13-33)30(4)24-25-46-32(6)35-20-22-39(23-21-35)49-42-11-9-8-10-40(42)43(47-49)36-16-14-34(15-17-36)31(5)44/h8-11,14-23,26,33,45-46H,2,4-7,12-13,24-25,27-28,44H2,1,3H3. The highest BCUT2D eigenvalue weighted by Crippen LogP contribution is 2.33. The fourth-order valence-corrected chi connectivity index (χ4v) is 6.20. The van der Waals surface area contributed by atoms with Gasteiger partial charge in [-0.2, -0.15) is 5.10 Å². The van der Waals surface area contributed by atoms with Crippen LogP contribution in [0.4, 0.5) is 5.69 Å². The summed E-state index contributed by atoms with van der Waals surface area (Å²) in [5.74, 6) is 0.760. The van der Waals surface area contributed by atoms with Gasteiger partial charge in [0.2, 0.25) is 0 Å². The third-order valence-corrected chi connectivity index (χ3v) is 9.28. The Morgan fingerprint density at radius 3 is 2.27 bits per heavy atom. The summed E-state index contributed by atoms with van der Waals surface area (Å²) in [5.41, 5.74) is 19.2. The van der Waals surface area contributed by atoms with Gasteiger partial charge < -0.3 is 21.3 Å². The number of fused-ring (bicyclic) bond motifs is 1. The molecule has 6 rings (SSSR count). The fraction of sp³-hybridized carbons (Fsp3) is 0.233. The average molecular weight is 649 g/mol. The number of para-hydroxylation sites is 1. The number of rotatable bonds is 16. The molecule has 4 N–H and O–H groups in total. The number of hydrogen-bond donors (Lipinski definition) is 3. The number of nitrogens with one attached hydrogen (secondary N) is 2. The minimum Gasteiger partial charge on any atom is -0.399 e. The van der Waals surface area contributed by atoms with Gasteiger partial charge in [-0.15, -0.1) is 0 Å². The van der Waals surface area contributed by atoms with Gasteiger partial charge in [-0.25, -0.2) is 4.68 Å². The Balaban J connectivity index is 1.11. The van der Waals surface area contributed by atoms with Crippen LogP contribution in [0.3, 0.4) is 0 Å². The molecule has 6 heteroatoms. The summed E-state index contributed by atoms with van der Waals surface area (Å²) in [4.78, 5) is 2.47. The topological polar surface area (TPSA) is 71.1 Å². The van der Waals surface area contributed by atoms with Crippen LogP contribution < -0.4 is 16.4 Å². The molecule has 1 fully saturated rings. The lowest BCUT2D eigenvalue weighted by Crippen LogP contribution is -2.27. The summed E-state index contributed by atoms with van der Waals surface area (Å²) in [6.07, 6.45) is 3.45. The maximum Gasteiger partial charge on any atom is 0.101 e. The van der Waals surface area contributed by atoms with Crippen LogP contribution in [-0.2, 0) is 6.54 Å². The molecule has 0 aliphatic heterocycles. The molecule has 5 aromatic rings. The summed E-state index contributed by atoms with van der Waals surface area (Å²) >= 11 is 0. The number of benzene rings is 4. The molecule has 49 heavy (non-hydrogen) atoms. The minimum atomic E-state index is 0.554. The monoisotopic (exact) mass is 648 g/mol. The molecule has 4 aromatic carbocycles. The number of hydrogen-bond acceptors (Lipinski definition) is 5. The van der Waals surface area contributed by atoms with E-state index in [1.807, 2.05) is 35.0 Å². The molecule has 0 saturated heterocycles. The third-order valence-electron chi connectivity index (χ3n) is 9.28. The van der Waals surface area contributed by atoms with Crippen LogP contribution in [0.1, 0.15) is 55.4 Å². The molecule has 0 bridgehead atoms. The zero-order valence-corrected chi connectivity index (χ0v) is 28.9. The van der Waals surface area contributed by atoms with Crippen LogP contribution in [-0.4, -0.2) is 34.3 Å². The van der Waals surface area contributed by atoms with E-state index in [1.165, 1.54) is 29.7 Å². The SMILES string of the molecule is C=C(C)c1ccc(CN(CC2CC2)C(=C)CCNC(=C)c2ccc(-n3nc(-c4ccc(C(=C)N)cc4)c4ccccc43)cc2)c(NCC)c1. The van der Waals surface area contributed by atoms with Gasteiger partial charge in [0.05, 0.1) is 11.2 Å². The van der Waals surface area contributed by atoms with E-state index in [-0.39, 0.29) is 0 Å². The van der Waals surface area contributed by atoms with Gasteiger partial charge >= 0.3 is 0 Å². The van der Waals surface area contributed by atoms with Gasteiger partial charge in [-0.3, -0.25) is 0 Å². The molecule has 0 unspecified atom stereocenters. The molecule has 0 atom stereocenters. The second-order valence-electron chi connectivity index (χ2n) is 13.2. The predicted octanol–water partition coefficient (Wildman–Crippen LogP) is 9.46. The number of anilines is 1. The van der Waals surface area contributed by atoms with Gasteiger partial charge in [0.15, 0.2) is 0 Å². The second-order valence-corrected chi connectivity index (χ2v) is 13.2. The van der Waals surface area contributed by atoms with E-state index in [0.717, 1.165) is 94.5 Å². The first-order chi connectivity index (χ1) is 23.7. The van der Waals surface area contributed by atoms with Gasteiger partial charge in [-0.05, 0) is 79.1 Å². The summed E-state index contributed by atoms with van der Waals surface area (Å²) in [6, 6.07) is 31.4. The normalized spacial score (nSPS) is 12.4. The van der Waals surface area contributed by atoms with Crippen LogP contribution in [0, 0.1) is 5.92 Å². The van der Waals surface area contributed by atoms with Crippen molar-refractivity contribution in [3.05, 3.63) is 145 Å². The molecule has 0 radical (unpaired) electrons. The fourth-order valence-electron chi connectivity index (χ4n) is 6.20. The maximum absolute atomic E-state index is 5.89. The summed E-state index contributed by atoms with van der Waals surface area (Å²) < 4.78 is 2.01. The van der Waals surface area contributed by atoms with Crippen LogP contribution in [0.25, 0.3) is 44.8 Å². The average Bonchev–Trinajstić information content (AvgIpc) is 3.85. The second kappa shape index (κ2) is 14.7. The van der Waals surface area contributed by atoms with Crippen molar-refractivity contribution in [1.29, 1.82) is 0 Å². The lowest BCUT2D eigenvalue weighted by molar-refractivity contribution is 0.313. The van der Waals surface area contributed by atoms with E-state index in [4.69, 9.17) is 10.8 Å². The quantitative estimate of drug-likeness (QED) is 0.0994. The van der Waals surface area contributed by atoms with E-state index in [1.54, 1.807) is 0 Å². The highest BCUT2D eigenvalue weighted by molar-refractivity contribution is 5.94. The smallest absolute Gasteiger partial charge is 0.101 e. The molecule has 1 aromatic heterocycles. The molecule has 6 nitrogen and oxygen atoms in total. The minimum absolute atomic E-state index is 0.554. The Morgan fingerprint density at radius 2 is 1.59 bits per heavy atom. The first kappa shape index (κ1) is 33.4. The van der Waals surface area contributed by atoms with Crippen molar-refractivity contribution in [2.45, 2.75) is 39.7 Å². The number of nitrogens with zero attached hydrogens (tertiary/aromatic N) is 3.